The first-order valence-electron chi connectivity index (χ1n) is 6.29. The van der Waals surface area contributed by atoms with E-state index in [1.54, 1.807) is 19.2 Å². The summed E-state index contributed by atoms with van der Waals surface area (Å²) in [6.07, 6.45) is 0.0108. The summed E-state index contributed by atoms with van der Waals surface area (Å²) >= 11 is 0. The zero-order valence-corrected chi connectivity index (χ0v) is 11.2. The molecule has 1 fully saturated rings. The molecule has 1 aromatic heterocycles. The minimum Gasteiger partial charge on any atom is -0.373 e. The van der Waals surface area contributed by atoms with Gasteiger partial charge >= 0.3 is 0 Å². The van der Waals surface area contributed by atoms with Crippen molar-refractivity contribution in [1.82, 2.24) is 15.5 Å². The number of carbonyl (C=O) groups excluding carboxylic acids is 1. The maximum Gasteiger partial charge on any atom is 0.271 e. The van der Waals surface area contributed by atoms with Crippen LogP contribution in [-0.2, 0) is 4.74 Å². The Hall–Kier alpha value is -1.73. The molecule has 2 heterocycles. The average Bonchev–Trinajstić information content (AvgIpc) is 2.47. The number of nitrogens with zero attached hydrogens (tertiary/aromatic N) is 3. The summed E-state index contributed by atoms with van der Waals surface area (Å²) in [6.45, 7) is 3.83. The van der Waals surface area contributed by atoms with Crippen molar-refractivity contribution in [2.24, 2.45) is 5.73 Å². The first-order valence-corrected chi connectivity index (χ1v) is 6.29. The second-order valence-electron chi connectivity index (χ2n) is 4.55. The fraction of sp³-hybridized carbons (Fsp3) is 0.583. The summed E-state index contributed by atoms with van der Waals surface area (Å²) in [5.41, 5.74) is 5.94. The molecule has 0 saturated carbocycles. The summed E-state index contributed by atoms with van der Waals surface area (Å²) in [6, 6.07) is 3.68. The second kappa shape index (κ2) is 5.94. The zero-order chi connectivity index (χ0) is 13.8. The van der Waals surface area contributed by atoms with Crippen LogP contribution in [0.3, 0.4) is 0 Å². The molecule has 0 spiro atoms. The van der Waals surface area contributed by atoms with E-state index in [0.29, 0.717) is 25.4 Å². The average molecular weight is 265 g/mol. The molecule has 0 bridgehead atoms. The quantitative estimate of drug-likeness (QED) is 0.757. The van der Waals surface area contributed by atoms with Crippen molar-refractivity contribution in [3.05, 3.63) is 17.8 Å². The highest BCUT2D eigenvalue weighted by Gasteiger charge is 2.26. The van der Waals surface area contributed by atoms with E-state index in [9.17, 15) is 4.79 Å². The van der Waals surface area contributed by atoms with Gasteiger partial charge in [-0.2, -0.15) is 0 Å². The van der Waals surface area contributed by atoms with Crippen LogP contribution in [0.4, 0.5) is 5.82 Å². The van der Waals surface area contributed by atoms with Crippen LogP contribution in [0.15, 0.2) is 12.1 Å². The van der Waals surface area contributed by atoms with E-state index < -0.39 is 0 Å². The van der Waals surface area contributed by atoms with E-state index in [-0.39, 0.29) is 18.1 Å². The van der Waals surface area contributed by atoms with Gasteiger partial charge < -0.3 is 20.7 Å². The lowest BCUT2D eigenvalue weighted by atomic mass is 10.2. The summed E-state index contributed by atoms with van der Waals surface area (Å²) in [7, 11) is 1.56. The lowest BCUT2D eigenvalue weighted by Gasteiger charge is -2.38. The van der Waals surface area contributed by atoms with E-state index in [1.165, 1.54) is 0 Å². The predicted molar refractivity (Wildman–Crippen MR) is 71.0 cm³/mol. The highest BCUT2D eigenvalue weighted by Crippen LogP contribution is 2.18. The number of nitrogens with two attached hydrogens (primary N) is 1. The smallest absolute Gasteiger partial charge is 0.271 e. The van der Waals surface area contributed by atoms with Gasteiger partial charge in [0.1, 0.15) is 0 Å². The third-order valence-corrected chi connectivity index (χ3v) is 3.17. The van der Waals surface area contributed by atoms with Gasteiger partial charge in [0.05, 0.1) is 18.8 Å². The number of ether oxygens (including phenoxy) is 1. The van der Waals surface area contributed by atoms with Crippen LogP contribution < -0.4 is 16.0 Å². The minimum atomic E-state index is -0.242. The molecule has 7 heteroatoms. The maximum absolute atomic E-state index is 11.4. The van der Waals surface area contributed by atoms with E-state index in [4.69, 9.17) is 10.5 Å². The van der Waals surface area contributed by atoms with Crippen LogP contribution in [0.2, 0.25) is 0 Å². The lowest BCUT2D eigenvalue weighted by Crippen LogP contribution is -2.51. The van der Waals surface area contributed by atoms with Gasteiger partial charge in [0.15, 0.2) is 11.5 Å². The first kappa shape index (κ1) is 13.7. The van der Waals surface area contributed by atoms with Crippen molar-refractivity contribution in [1.29, 1.82) is 0 Å². The molecule has 3 N–H and O–H groups in total. The van der Waals surface area contributed by atoms with Crippen LogP contribution >= 0.6 is 0 Å². The zero-order valence-electron chi connectivity index (χ0n) is 11.2. The van der Waals surface area contributed by atoms with Crippen LogP contribution in [0, 0.1) is 0 Å². The van der Waals surface area contributed by atoms with Crippen molar-refractivity contribution in [3.8, 4) is 0 Å². The highest BCUT2D eigenvalue weighted by molar-refractivity contribution is 5.91. The van der Waals surface area contributed by atoms with Gasteiger partial charge in [-0.05, 0) is 19.1 Å². The van der Waals surface area contributed by atoms with Crippen molar-refractivity contribution >= 4 is 11.7 Å². The number of rotatable bonds is 3. The van der Waals surface area contributed by atoms with Crippen LogP contribution in [-0.4, -0.2) is 55.0 Å². The Balaban J connectivity index is 2.14. The fourth-order valence-electron chi connectivity index (χ4n) is 2.01. The summed E-state index contributed by atoms with van der Waals surface area (Å²) < 4.78 is 5.59. The number of amides is 1. The number of hydrogen-bond acceptors (Lipinski definition) is 6. The standard InChI is InChI=1S/C12H19N5O2/c1-8-7-19-9(5-13)6-17(8)11-4-3-10(15-16-11)12(18)14-2/h3-4,8-9H,5-7,13H2,1-2H3,(H,14,18). The molecule has 0 radical (unpaired) electrons. The maximum atomic E-state index is 11.4. The number of morpholine rings is 1. The number of anilines is 1. The Bertz CT molecular complexity index is 436. The SMILES string of the molecule is CNC(=O)c1ccc(N2CC(CN)OCC2C)nn1. The van der Waals surface area contributed by atoms with Gasteiger partial charge in [-0.25, -0.2) is 0 Å². The van der Waals surface area contributed by atoms with Gasteiger partial charge in [-0.15, -0.1) is 10.2 Å². The molecule has 104 valence electrons. The highest BCUT2D eigenvalue weighted by atomic mass is 16.5. The number of carbonyl (C=O) groups is 1. The van der Waals surface area contributed by atoms with Crippen LogP contribution in [0.25, 0.3) is 0 Å². The Morgan fingerprint density at radius 2 is 2.37 bits per heavy atom. The Morgan fingerprint density at radius 3 is 2.95 bits per heavy atom. The van der Waals surface area contributed by atoms with Crippen LogP contribution in [0.1, 0.15) is 17.4 Å². The van der Waals surface area contributed by atoms with E-state index in [0.717, 1.165) is 5.82 Å². The molecule has 2 atom stereocenters. The molecule has 1 amide bonds. The number of nitrogens with one attached hydrogen (secondary N) is 1. The normalized spacial score (nSPS) is 23.2. The molecule has 2 unspecified atom stereocenters. The Labute approximate surface area is 112 Å². The molecular weight excluding hydrogens is 246 g/mol. The molecule has 2 rings (SSSR count). The third kappa shape index (κ3) is 2.99. The van der Waals surface area contributed by atoms with Gasteiger partial charge in [-0.3, -0.25) is 4.79 Å². The molecule has 1 aliphatic heterocycles. The van der Waals surface area contributed by atoms with Crippen molar-refractivity contribution in [3.63, 3.8) is 0 Å². The molecular formula is C12H19N5O2. The van der Waals surface area contributed by atoms with Crippen molar-refractivity contribution in [2.45, 2.75) is 19.1 Å². The van der Waals surface area contributed by atoms with E-state index >= 15 is 0 Å². The molecule has 1 aromatic rings. The molecule has 0 aromatic carbocycles. The predicted octanol–water partition coefficient (Wildman–Crippen LogP) is -0.611. The fourth-order valence-corrected chi connectivity index (χ4v) is 2.01. The largest absolute Gasteiger partial charge is 0.373 e. The summed E-state index contributed by atoms with van der Waals surface area (Å²) in [5, 5.41) is 10.6. The monoisotopic (exact) mass is 265 g/mol. The van der Waals surface area contributed by atoms with Crippen molar-refractivity contribution in [2.75, 3.05) is 31.6 Å². The molecule has 0 aliphatic carbocycles. The topological polar surface area (TPSA) is 93.4 Å². The third-order valence-electron chi connectivity index (χ3n) is 3.17. The number of hydrogen-bond donors (Lipinski definition) is 2. The van der Waals surface area contributed by atoms with Gasteiger partial charge in [0, 0.05) is 20.1 Å². The lowest BCUT2D eigenvalue weighted by molar-refractivity contribution is 0.0279. The van der Waals surface area contributed by atoms with Gasteiger partial charge in [-0.1, -0.05) is 0 Å². The minimum absolute atomic E-state index is 0.0108. The second-order valence-corrected chi connectivity index (χ2v) is 4.55. The van der Waals surface area contributed by atoms with Crippen molar-refractivity contribution < 1.29 is 9.53 Å². The van der Waals surface area contributed by atoms with E-state index in [2.05, 4.69) is 27.3 Å². The van der Waals surface area contributed by atoms with Gasteiger partial charge in [0.25, 0.3) is 5.91 Å². The van der Waals surface area contributed by atoms with Crippen LogP contribution in [0.5, 0.6) is 0 Å². The first-order chi connectivity index (χ1) is 9.15. The van der Waals surface area contributed by atoms with Gasteiger partial charge in [0.2, 0.25) is 0 Å². The molecule has 1 saturated heterocycles. The Kier molecular flexibility index (Phi) is 4.28. The summed E-state index contributed by atoms with van der Waals surface area (Å²) in [5.74, 6) is 0.496. The number of aromatic nitrogens is 2. The molecule has 7 nitrogen and oxygen atoms in total. The van der Waals surface area contributed by atoms with E-state index in [1.807, 2.05) is 0 Å². The Morgan fingerprint density at radius 1 is 1.58 bits per heavy atom. The molecule has 1 aliphatic rings. The molecule has 19 heavy (non-hydrogen) atoms. The summed E-state index contributed by atoms with van der Waals surface area (Å²) in [4.78, 5) is 13.5.